The van der Waals surface area contributed by atoms with Crippen molar-refractivity contribution < 1.29 is 23.1 Å². The number of carbonyl (C=O) groups is 2. The molecule has 0 amide bonds. The minimum Gasteiger partial charge on any atom is -0.475 e. The van der Waals surface area contributed by atoms with Crippen molar-refractivity contribution in [1.82, 2.24) is 0 Å². The van der Waals surface area contributed by atoms with Crippen LogP contribution in [0.4, 0.5) is 0 Å². The van der Waals surface area contributed by atoms with Gasteiger partial charge in [-0.1, -0.05) is 18.2 Å². The summed E-state index contributed by atoms with van der Waals surface area (Å²) in [5, 5.41) is 8.41. The second kappa shape index (κ2) is 4.01. The number of ketones is 1. The van der Waals surface area contributed by atoms with Crippen molar-refractivity contribution in [1.29, 1.82) is 0 Å². The molecule has 0 aliphatic heterocycles. The second-order valence-corrected chi connectivity index (χ2v) is 3.47. The second-order valence-electron chi connectivity index (χ2n) is 2.53. The summed E-state index contributed by atoms with van der Waals surface area (Å²) < 4.78 is 21.2. The van der Waals surface area contributed by atoms with Crippen LogP contribution in [0.3, 0.4) is 0 Å². The molecule has 0 aromatic carbocycles. The summed E-state index contributed by atoms with van der Waals surface area (Å²) in [6.45, 7) is 0. The Kier molecular flexibility index (Phi) is 2.98. The molecule has 0 saturated heterocycles. The van der Waals surface area contributed by atoms with E-state index in [1.165, 1.54) is 24.3 Å². The van der Waals surface area contributed by atoms with E-state index in [4.69, 9.17) is 5.11 Å². The van der Waals surface area contributed by atoms with Gasteiger partial charge >= 0.3 is 5.97 Å². The normalized spacial score (nSPS) is 19.4. The predicted molar refractivity (Wildman–Crippen MR) is 48.3 cm³/mol. The van der Waals surface area contributed by atoms with Crippen LogP contribution in [0.1, 0.15) is 0 Å². The van der Waals surface area contributed by atoms with Gasteiger partial charge < -0.3 is 5.11 Å². The van der Waals surface area contributed by atoms with Gasteiger partial charge in [-0.3, -0.25) is 4.79 Å². The van der Waals surface area contributed by atoms with Gasteiger partial charge in [0.25, 0.3) is 5.78 Å². The molecule has 1 aliphatic carbocycles. The van der Waals surface area contributed by atoms with E-state index in [0.717, 1.165) is 0 Å². The topological polar surface area (TPSA) is 88.5 Å². The summed E-state index contributed by atoms with van der Waals surface area (Å²) >= 11 is 0. The van der Waals surface area contributed by atoms with E-state index >= 15 is 0 Å². The molecule has 0 aromatic rings. The van der Waals surface area contributed by atoms with Gasteiger partial charge in [0.1, 0.15) is 0 Å². The largest absolute Gasteiger partial charge is 0.475 e. The van der Waals surface area contributed by atoms with E-state index in [-0.39, 0.29) is 4.86 Å². The SMILES string of the molecule is O=C(O)C(=O)C1C=CC=CC1=S(=O)=O. The Labute approximate surface area is 80.9 Å². The maximum Gasteiger partial charge on any atom is 0.373 e. The molecule has 0 radical (unpaired) electrons. The van der Waals surface area contributed by atoms with Crippen LogP contribution in [-0.2, 0) is 19.9 Å². The number of allylic oxidation sites excluding steroid dienone is 4. The van der Waals surface area contributed by atoms with Crippen LogP contribution in [0.2, 0.25) is 0 Å². The van der Waals surface area contributed by atoms with Gasteiger partial charge in [-0.05, 0) is 6.08 Å². The van der Waals surface area contributed by atoms with Crippen molar-refractivity contribution in [2.75, 3.05) is 0 Å². The number of Topliss-reactive ketones (excluding diaryl/α,β-unsaturated/α-hetero) is 1. The average Bonchev–Trinajstić information content (AvgIpc) is 2.16. The quantitative estimate of drug-likeness (QED) is 0.491. The van der Waals surface area contributed by atoms with E-state index < -0.39 is 28.0 Å². The lowest BCUT2D eigenvalue weighted by molar-refractivity contribution is -0.149. The molecular formula is C8H6O5S. The summed E-state index contributed by atoms with van der Waals surface area (Å²) in [5.41, 5.74) is 0. The molecule has 0 heterocycles. The third-order valence-corrected chi connectivity index (χ3v) is 2.44. The number of hydrogen-bond acceptors (Lipinski definition) is 4. The summed E-state index contributed by atoms with van der Waals surface area (Å²) in [5.74, 6) is -3.99. The number of carboxylic acids is 1. The van der Waals surface area contributed by atoms with E-state index in [1.807, 2.05) is 0 Å². The van der Waals surface area contributed by atoms with Gasteiger partial charge in [-0.2, -0.15) is 8.42 Å². The molecule has 0 fully saturated rings. The molecule has 1 aliphatic rings. The van der Waals surface area contributed by atoms with Crippen LogP contribution in [0, 0.1) is 5.92 Å². The minimum absolute atomic E-state index is 0.222. The van der Waals surface area contributed by atoms with Crippen molar-refractivity contribution in [3.8, 4) is 0 Å². The Morgan fingerprint density at radius 1 is 1.29 bits per heavy atom. The van der Waals surface area contributed by atoms with E-state index in [2.05, 4.69) is 0 Å². The first kappa shape index (κ1) is 10.4. The smallest absolute Gasteiger partial charge is 0.373 e. The van der Waals surface area contributed by atoms with Crippen molar-refractivity contribution in [3.05, 3.63) is 24.3 Å². The summed E-state index contributed by atoms with van der Waals surface area (Å²) in [6.07, 6.45) is 5.30. The van der Waals surface area contributed by atoms with Crippen molar-refractivity contribution >= 4 is 26.9 Å². The fourth-order valence-corrected chi connectivity index (χ4v) is 1.62. The van der Waals surface area contributed by atoms with E-state index in [1.54, 1.807) is 0 Å². The van der Waals surface area contributed by atoms with Gasteiger partial charge in [0, 0.05) is 0 Å². The third kappa shape index (κ3) is 1.97. The van der Waals surface area contributed by atoms with Gasteiger partial charge in [-0.15, -0.1) is 0 Å². The molecular weight excluding hydrogens is 208 g/mol. The molecule has 0 bridgehead atoms. The average molecular weight is 214 g/mol. The van der Waals surface area contributed by atoms with Crippen LogP contribution >= 0.6 is 0 Å². The zero-order chi connectivity index (χ0) is 10.7. The number of hydrogen-bond donors (Lipinski definition) is 1. The number of aliphatic carboxylic acids is 1. The fourth-order valence-electron chi connectivity index (χ4n) is 1.03. The molecule has 1 N–H and O–H groups in total. The third-order valence-electron chi connectivity index (χ3n) is 1.67. The lowest BCUT2D eigenvalue weighted by atomic mass is 9.96. The predicted octanol–water partition coefficient (Wildman–Crippen LogP) is -0.566. The van der Waals surface area contributed by atoms with Gasteiger partial charge in [-0.25, -0.2) is 4.79 Å². The zero-order valence-electron chi connectivity index (χ0n) is 6.88. The Morgan fingerprint density at radius 2 is 1.93 bits per heavy atom. The molecule has 0 aromatic heterocycles. The van der Waals surface area contributed by atoms with Crippen LogP contribution in [-0.4, -0.2) is 30.1 Å². The molecule has 0 spiro atoms. The standard InChI is InChI=1S/C8H6O5S/c9-7(8(10)11)5-3-1-2-4-6(5)14(12)13/h1-5H,(H,10,11). The van der Waals surface area contributed by atoms with Gasteiger partial charge in [0.15, 0.2) is 0 Å². The lowest BCUT2D eigenvalue weighted by Gasteiger charge is -2.08. The highest BCUT2D eigenvalue weighted by molar-refractivity contribution is 7.73. The van der Waals surface area contributed by atoms with Crippen molar-refractivity contribution in [3.63, 3.8) is 0 Å². The van der Waals surface area contributed by atoms with Gasteiger partial charge in [0.2, 0.25) is 10.3 Å². The van der Waals surface area contributed by atoms with Crippen molar-refractivity contribution in [2.24, 2.45) is 5.92 Å². The highest BCUT2D eigenvalue weighted by atomic mass is 32.2. The molecule has 1 atom stereocenters. The molecule has 1 rings (SSSR count). The Balaban J connectivity index is 3.18. The first-order valence-electron chi connectivity index (χ1n) is 3.62. The molecule has 6 heteroatoms. The van der Waals surface area contributed by atoms with E-state index in [0.29, 0.717) is 0 Å². The summed E-state index contributed by atoms with van der Waals surface area (Å²) in [4.78, 5) is 21.2. The van der Waals surface area contributed by atoms with Crippen molar-refractivity contribution in [2.45, 2.75) is 0 Å². The number of carbonyl (C=O) groups excluding carboxylic acids is 1. The number of rotatable bonds is 2. The molecule has 74 valence electrons. The highest BCUT2D eigenvalue weighted by Gasteiger charge is 2.27. The van der Waals surface area contributed by atoms with Gasteiger partial charge in [0.05, 0.1) is 10.8 Å². The summed E-state index contributed by atoms with van der Waals surface area (Å²) in [6, 6.07) is 0. The van der Waals surface area contributed by atoms with E-state index in [9.17, 15) is 18.0 Å². The first-order chi connectivity index (χ1) is 6.54. The minimum atomic E-state index is -2.57. The van der Waals surface area contributed by atoms with Crippen LogP contribution in [0.25, 0.3) is 0 Å². The molecule has 5 nitrogen and oxygen atoms in total. The van der Waals surface area contributed by atoms with Crippen LogP contribution in [0.15, 0.2) is 24.3 Å². The molecule has 1 unspecified atom stereocenters. The number of carboxylic acid groups (broad SMARTS) is 1. The molecule has 14 heavy (non-hydrogen) atoms. The van der Waals surface area contributed by atoms with Crippen LogP contribution < -0.4 is 0 Å². The summed E-state index contributed by atoms with van der Waals surface area (Å²) in [7, 11) is -2.57. The maximum atomic E-state index is 11.0. The Bertz CT molecular complexity index is 458. The van der Waals surface area contributed by atoms with Crippen LogP contribution in [0.5, 0.6) is 0 Å². The lowest BCUT2D eigenvalue weighted by Crippen LogP contribution is -2.29. The molecule has 0 saturated carbocycles. The Hall–Kier alpha value is -1.69. The zero-order valence-corrected chi connectivity index (χ0v) is 7.69. The Morgan fingerprint density at radius 3 is 2.43 bits per heavy atom. The fraction of sp³-hybridized carbons (Fsp3) is 0.125. The first-order valence-corrected chi connectivity index (χ1v) is 4.69. The monoisotopic (exact) mass is 214 g/mol. The maximum absolute atomic E-state index is 11.0. The highest BCUT2D eigenvalue weighted by Crippen LogP contribution is 2.10.